The van der Waals surface area contributed by atoms with Gasteiger partial charge in [0.25, 0.3) is 6.71 Å². The molecule has 3 nitrogen and oxygen atoms in total. The summed E-state index contributed by atoms with van der Waals surface area (Å²) >= 11 is 0. The van der Waals surface area contributed by atoms with Crippen molar-refractivity contribution in [3.8, 4) is 27.9 Å². The number of benzene rings is 15. The van der Waals surface area contributed by atoms with E-state index in [2.05, 4.69) is 506 Å². The maximum absolute atomic E-state index is 2.73. The number of nitrogens with zero attached hydrogens (tertiary/aromatic N) is 3. The Kier molecular flexibility index (Phi) is 20.2. The largest absolute Gasteiger partial charge is 0.311 e. The smallest absolute Gasteiger partial charge is 0.252 e. The molecule has 0 radical (unpaired) electrons. The van der Waals surface area contributed by atoms with Crippen LogP contribution in [-0.2, 0) is 48.7 Å². The first kappa shape index (κ1) is 82.7. The van der Waals surface area contributed by atoms with Crippen molar-refractivity contribution >= 4 is 79.0 Å². The average Bonchev–Trinajstić information content (AvgIpc) is 0.827. The zero-order valence-electron chi connectivity index (χ0n) is 76.8. The fraction of sp³-hybridized carbons (Fsp3) is 0.250. The molecule has 0 atom stereocenters. The Labute approximate surface area is 739 Å². The lowest BCUT2D eigenvalue weighted by Gasteiger charge is -2.46. The van der Waals surface area contributed by atoms with E-state index in [1.54, 1.807) is 0 Å². The second-order valence-electron chi connectivity index (χ2n) is 42.7. The molecule has 0 amide bonds. The summed E-state index contributed by atoms with van der Waals surface area (Å²) in [6.45, 7) is 49.3. The molecule has 15 aromatic carbocycles. The van der Waals surface area contributed by atoms with Crippen molar-refractivity contribution in [2.45, 2.75) is 194 Å². The monoisotopic (exact) mass is 1610 g/mol. The second-order valence-corrected chi connectivity index (χ2v) is 42.7. The molecular formula is C120H120BN3. The van der Waals surface area contributed by atoms with Crippen molar-refractivity contribution in [3.63, 3.8) is 0 Å². The predicted octanol–water partition coefficient (Wildman–Crippen LogP) is 30.0. The van der Waals surface area contributed by atoms with Gasteiger partial charge >= 0.3 is 0 Å². The number of aromatic nitrogens is 1. The summed E-state index contributed by atoms with van der Waals surface area (Å²) in [5, 5.41) is 2.42. The Morgan fingerprint density at radius 1 is 0.185 bits per heavy atom. The topological polar surface area (TPSA) is 11.4 Å². The van der Waals surface area contributed by atoms with Crippen molar-refractivity contribution in [2.24, 2.45) is 0 Å². The molecule has 1 aromatic heterocycles. The lowest BCUT2D eigenvalue weighted by molar-refractivity contribution is 0.568. The third-order valence-electron chi connectivity index (χ3n) is 27.1. The average molecular weight is 1620 g/mol. The molecule has 0 saturated heterocycles. The summed E-state index contributed by atoms with van der Waals surface area (Å²) < 4.78 is 2.56. The molecule has 0 unspecified atom stereocenters. The number of hydrogen-bond acceptors (Lipinski definition) is 2. The third kappa shape index (κ3) is 14.5. The Morgan fingerprint density at radius 3 is 0.895 bits per heavy atom. The summed E-state index contributed by atoms with van der Waals surface area (Å²) in [6.07, 6.45) is 0. The van der Waals surface area contributed by atoms with Crippen molar-refractivity contribution in [1.82, 2.24) is 4.57 Å². The van der Waals surface area contributed by atoms with Crippen molar-refractivity contribution in [1.29, 1.82) is 0 Å². The number of fused-ring (bicyclic) bond motifs is 7. The predicted molar refractivity (Wildman–Crippen MR) is 533 cm³/mol. The molecule has 618 valence electrons. The van der Waals surface area contributed by atoms with E-state index < -0.39 is 10.8 Å². The van der Waals surface area contributed by atoms with Crippen LogP contribution >= 0.6 is 0 Å². The molecule has 0 bridgehead atoms. The van der Waals surface area contributed by atoms with E-state index >= 15 is 0 Å². The number of anilines is 6. The highest BCUT2D eigenvalue weighted by atomic mass is 15.2. The summed E-state index contributed by atoms with van der Waals surface area (Å²) in [7, 11) is 0. The van der Waals surface area contributed by atoms with E-state index in [9.17, 15) is 0 Å². The van der Waals surface area contributed by atoms with Crippen molar-refractivity contribution < 1.29 is 0 Å². The summed E-state index contributed by atoms with van der Waals surface area (Å²) in [5.74, 6) is 0. The minimum absolute atomic E-state index is 0.0856. The minimum Gasteiger partial charge on any atom is -0.311 e. The van der Waals surface area contributed by atoms with Gasteiger partial charge in [0, 0.05) is 44.9 Å². The zero-order valence-corrected chi connectivity index (χ0v) is 76.8. The van der Waals surface area contributed by atoms with Gasteiger partial charge in [-0.3, -0.25) is 0 Å². The third-order valence-corrected chi connectivity index (χ3v) is 27.1. The lowest BCUT2D eigenvalue weighted by atomic mass is 9.33. The van der Waals surface area contributed by atoms with Gasteiger partial charge in [-0.15, -0.1) is 0 Å². The Morgan fingerprint density at radius 2 is 0.500 bits per heavy atom. The van der Waals surface area contributed by atoms with Gasteiger partial charge in [-0.1, -0.05) is 418 Å². The van der Waals surface area contributed by atoms with Gasteiger partial charge < -0.3 is 14.4 Å². The minimum atomic E-state index is -0.893. The van der Waals surface area contributed by atoms with Gasteiger partial charge in [-0.05, 0) is 233 Å². The zero-order chi connectivity index (χ0) is 87.2. The van der Waals surface area contributed by atoms with Gasteiger partial charge in [0.15, 0.2) is 0 Å². The summed E-state index contributed by atoms with van der Waals surface area (Å²) in [4.78, 5) is 5.41. The highest BCUT2D eigenvalue weighted by Gasteiger charge is 2.48. The van der Waals surface area contributed by atoms with Crippen LogP contribution in [0.4, 0.5) is 34.1 Å². The number of rotatable bonds is 13. The van der Waals surface area contributed by atoms with Crippen LogP contribution in [0.25, 0.3) is 49.7 Å². The molecule has 0 N–H and O–H groups in total. The Balaban J connectivity index is 1.00. The maximum Gasteiger partial charge on any atom is 0.252 e. The summed E-state index contributed by atoms with van der Waals surface area (Å²) in [5.41, 5.74) is 34.5. The molecule has 3 heterocycles. The van der Waals surface area contributed by atoms with Gasteiger partial charge in [-0.25, -0.2) is 0 Å². The first-order valence-corrected chi connectivity index (χ1v) is 45.0. The molecule has 0 fully saturated rings. The standard InChI is InChI=1S/C120H120BN3/c1-112(2,3)87-60-62-107-104(75-87)121-103-61-59-91(120(85-47-30-24-31-48-85,86-49-32-25-33-50-86)89-52-39-42-80(64-89)82-67-94(115(10,11)12)70-95(68-82)116(13,14)15)76-108(103)122(109-77-100(123-105-57-36-34-55-101(105)102-56-35-37-58-106(102)123)78-110(111(109)121)124(107)99-73-96(117(16,17)18)71-97(74-99)118(19,20)21)98-54-40-53-90(72-98)119(83-43-26-22-27-44-83,84-45-28-23-29-46-84)88-51-38-41-79(63-88)81-65-92(113(4,5)6)69-93(66-81)114(7,8)9/h22-78H,1-21H3. The molecule has 16 aromatic rings. The molecule has 18 rings (SSSR count). The molecule has 0 saturated carbocycles. The molecule has 2 aliphatic rings. The molecule has 2 aliphatic heterocycles. The number of para-hydroxylation sites is 2. The van der Waals surface area contributed by atoms with Crippen LogP contribution in [0.1, 0.15) is 229 Å². The van der Waals surface area contributed by atoms with Gasteiger partial charge in [-0.2, -0.15) is 0 Å². The van der Waals surface area contributed by atoms with Gasteiger partial charge in [0.1, 0.15) is 0 Å². The van der Waals surface area contributed by atoms with Crippen LogP contribution in [0.5, 0.6) is 0 Å². The van der Waals surface area contributed by atoms with E-state index in [1.807, 2.05) is 0 Å². The molecular weight excluding hydrogens is 1490 g/mol. The summed E-state index contributed by atoms with van der Waals surface area (Å²) in [6, 6.07) is 135. The Hall–Kier alpha value is -12.2. The molecule has 0 aliphatic carbocycles. The highest BCUT2D eigenvalue weighted by molar-refractivity contribution is 7.00. The van der Waals surface area contributed by atoms with Crippen LogP contribution < -0.4 is 26.2 Å². The second kappa shape index (κ2) is 30.3. The lowest BCUT2D eigenvalue weighted by Crippen LogP contribution is -2.61. The van der Waals surface area contributed by atoms with E-state index in [4.69, 9.17) is 0 Å². The maximum atomic E-state index is 2.73. The van der Waals surface area contributed by atoms with Crippen LogP contribution in [-0.4, -0.2) is 11.3 Å². The van der Waals surface area contributed by atoms with Crippen LogP contribution in [0.2, 0.25) is 0 Å². The van der Waals surface area contributed by atoms with Crippen molar-refractivity contribution in [3.05, 3.63) is 429 Å². The first-order chi connectivity index (χ1) is 58.9. The fourth-order valence-corrected chi connectivity index (χ4v) is 20.0. The molecule has 4 heteroatoms. The molecule has 0 spiro atoms. The van der Waals surface area contributed by atoms with Crippen LogP contribution in [0.15, 0.2) is 346 Å². The Bertz CT molecular complexity index is 6540. The number of hydrogen-bond donors (Lipinski definition) is 0. The molecule has 124 heavy (non-hydrogen) atoms. The van der Waals surface area contributed by atoms with E-state index in [-0.39, 0.29) is 44.6 Å². The van der Waals surface area contributed by atoms with Crippen LogP contribution in [0, 0.1) is 0 Å². The van der Waals surface area contributed by atoms with E-state index in [0.717, 1.165) is 56.3 Å². The SMILES string of the molecule is CC(C)(C)c1cc(-c2cccc(C(c3ccccc3)(c3ccccc3)c3cccc(N4c5cc(C(c6ccccc6)(c6ccccc6)c6cccc(-c7cc(C(C)(C)C)cc(C(C)(C)C)c7)c6)ccc5B5c6cc(C(C)(C)C)ccc6N(c6cc(C(C)(C)C)cc(C(C)(C)C)c6)c6cc(-n7c8ccccc8c8ccccc87)cc4c65)c3)c2)cc(C(C)(C)C)c1. The van der Waals surface area contributed by atoms with Crippen molar-refractivity contribution in [2.75, 3.05) is 9.80 Å². The quantitative estimate of drug-likeness (QED) is 0.0842. The van der Waals surface area contributed by atoms with E-state index in [0.29, 0.717) is 0 Å². The normalized spacial score (nSPS) is 13.5. The van der Waals surface area contributed by atoms with Gasteiger partial charge in [0.2, 0.25) is 0 Å². The van der Waals surface area contributed by atoms with Gasteiger partial charge in [0.05, 0.1) is 27.6 Å². The highest BCUT2D eigenvalue weighted by Crippen LogP contribution is 2.55. The van der Waals surface area contributed by atoms with Crippen LogP contribution in [0.3, 0.4) is 0 Å². The van der Waals surface area contributed by atoms with E-state index in [1.165, 1.54) is 127 Å². The fourth-order valence-electron chi connectivity index (χ4n) is 20.0. The first-order valence-electron chi connectivity index (χ1n) is 45.0.